The topological polar surface area (TPSA) is 20.3 Å². The Morgan fingerprint density at radius 3 is 2.46 bits per heavy atom. The molecule has 0 unspecified atom stereocenters. The van der Waals surface area contributed by atoms with Crippen molar-refractivity contribution in [1.82, 2.24) is 4.90 Å². The lowest BCUT2D eigenvalue weighted by atomic mass is 10.2. The van der Waals surface area contributed by atoms with Crippen molar-refractivity contribution in [2.45, 2.75) is 0 Å². The van der Waals surface area contributed by atoms with Crippen molar-refractivity contribution in [3.8, 4) is 0 Å². The molecule has 2 nitrogen and oxygen atoms in total. The molecule has 1 amide bonds. The summed E-state index contributed by atoms with van der Waals surface area (Å²) in [5, 5.41) is 0. The highest BCUT2D eigenvalue weighted by molar-refractivity contribution is 5.94. The molecular weight excluding hydrogens is 176 g/mol. The van der Waals surface area contributed by atoms with Crippen LogP contribution in [0.1, 0.15) is 10.4 Å². The van der Waals surface area contributed by atoms with E-state index in [2.05, 4.69) is 0 Å². The molecule has 0 saturated carbocycles. The van der Waals surface area contributed by atoms with Gasteiger partial charge in [0.15, 0.2) is 0 Å². The first kappa shape index (κ1) is 9.64. The Kier molecular flexibility index (Phi) is 2.60. The van der Waals surface area contributed by atoms with Gasteiger partial charge in [0.05, 0.1) is 5.56 Å². The monoisotopic (exact) mass is 185 g/mol. The lowest BCUT2D eigenvalue weighted by molar-refractivity contribution is 0.0822. The van der Waals surface area contributed by atoms with Crippen LogP contribution in [0.15, 0.2) is 18.2 Å². The van der Waals surface area contributed by atoms with E-state index in [1.165, 1.54) is 19.0 Å². The fraction of sp³-hybridized carbons (Fsp3) is 0.222. The van der Waals surface area contributed by atoms with Gasteiger partial charge in [-0.25, -0.2) is 8.78 Å². The molecule has 0 heterocycles. The molecule has 0 bridgehead atoms. The Morgan fingerprint density at radius 1 is 1.31 bits per heavy atom. The molecule has 1 rings (SSSR count). The highest BCUT2D eigenvalue weighted by Gasteiger charge is 2.13. The Hall–Kier alpha value is -1.45. The van der Waals surface area contributed by atoms with Crippen molar-refractivity contribution in [3.05, 3.63) is 35.4 Å². The first-order chi connectivity index (χ1) is 6.02. The predicted octanol–water partition coefficient (Wildman–Crippen LogP) is 1.67. The summed E-state index contributed by atoms with van der Waals surface area (Å²) in [5.41, 5.74) is -0.245. The van der Waals surface area contributed by atoms with E-state index in [1.54, 1.807) is 0 Å². The zero-order chi connectivity index (χ0) is 10.0. The molecule has 0 atom stereocenters. The maximum absolute atomic E-state index is 13.0. The summed E-state index contributed by atoms with van der Waals surface area (Å²) in [7, 11) is 2.96. The van der Waals surface area contributed by atoms with Gasteiger partial charge in [0.2, 0.25) is 0 Å². The van der Waals surface area contributed by atoms with Gasteiger partial charge in [0.25, 0.3) is 5.91 Å². The van der Waals surface area contributed by atoms with E-state index >= 15 is 0 Å². The quantitative estimate of drug-likeness (QED) is 0.651. The fourth-order valence-electron chi connectivity index (χ4n) is 0.902. The second-order valence-electron chi connectivity index (χ2n) is 2.82. The third-order valence-corrected chi connectivity index (χ3v) is 1.56. The minimum atomic E-state index is -0.708. The van der Waals surface area contributed by atoms with Gasteiger partial charge in [0.1, 0.15) is 11.6 Å². The number of rotatable bonds is 1. The van der Waals surface area contributed by atoms with Gasteiger partial charge < -0.3 is 4.90 Å². The molecule has 1 aromatic rings. The van der Waals surface area contributed by atoms with Crippen molar-refractivity contribution in [1.29, 1.82) is 0 Å². The van der Waals surface area contributed by atoms with Crippen molar-refractivity contribution >= 4 is 5.91 Å². The average Bonchev–Trinajstić information content (AvgIpc) is 2.08. The van der Waals surface area contributed by atoms with Crippen LogP contribution in [0.2, 0.25) is 0 Å². The highest BCUT2D eigenvalue weighted by atomic mass is 19.1. The van der Waals surface area contributed by atoms with Gasteiger partial charge in [0, 0.05) is 14.1 Å². The van der Waals surface area contributed by atoms with Gasteiger partial charge in [-0.3, -0.25) is 4.79 Å². The summed E-state index contributed by atoms with van der Waals surface area (Å²) in [6.45, 7) is 0. The van der Waals surface area contributed by atoms with Gasteiger partial charge in [-0.1, -0.05) is 0 Å². The second-order valence-corrected chi connectivity index (χ2v) is 2.82. The summed E-state index contributed by atoms with van der Waals surface area (Å²) in [4.78, 5) is 12.4. The molecule has 0 aliphatic carbocycles. The fourth-order valence-corrected chi connectivity index (χ4v) is 0.902. The first-order valence-electron chi connectivity index (χ1n) is 3.69. The molecule has 0 radical (unpaired) electrons. The number of amides is 1. The van der Waals surface area contributed by atoms with Crippen LogP contribution in [-0.2, 0) is 0 Å². The van der Waals surface area contributed by atoms with Crippen molar-refractivity contribution in [3.63, 3.8) is 0 Å². The van der Waals surface area contributed by atoms with E-state index in [1.807, 2.05) is 0 Å². The van der Waals surface area contributed by atoms with Crippen molar-refractivity contribution in [2.75, 3.05) is 14.1 Å². The molecule has 1 aromatic carbocycles. The Morgan fingerprint density at radius 2 is 1.92 bits per heavy atom. The molecule has 0 aromatic heterocycles. The first-order valence-corrected chi connectivity index (χ1v) is 3.69. The molecule has 4 heteroatoms. The van der Waals surface area contributed by atoms with E-state index in [0.717, 1.165) is 18.2 Å². The molecule has 70 valence electrons. The summed E-state index contributed by atoms with van der Waals surface area (Å²) in [6, 6.07) is 2.80. The lowest BCUT2D eigenvalue weighted by Gasteiger charge is -2.10. The van der Waals surface area contributed by atoms with Crippen LogP contribution in [0.3, 0.4) is 0 Å². The van der Waals surface area contributed by atoms with Crippen LogP contribution in [0, 0.1) is 11.6 Å². The number of benzene rings is 1. The predicted molar refractivity (Wildman–Crippen MR) is 44.4 cm³/mol. The second kappa shape index (κ2) is 3.51. The summed E-state index contributed by atoms with van der Waals surface area (Å²) in [6.07, 6.45) is 0. The molecule has 0 spiro atoms. The number of hydrogen-bond donors (Lipinski definition) is 0. The van der Waals surface area contributed by atoms with Gasteiger partial charge in [-0.2, -0.15) is 0 Å². The number of carbonyl (C=O) groups is 1. The highest BCUT2D eigenvalue weighted by Crippen LogP contribution is 2.10. The van der Waals surface area contributed by atoms with Crippen LogP contribution in [0.5, 0.6) is 0 Å². The summed E-state index contributed by atoms with van der Waals surface area (Å²) < 4.78 is 25.6. The molecular formula is C9H9F2NO. The molecule has 0 aliphatic heterocycles. The summed E-state index contributed by atoms with van der Waals surface area (Å²) >= 11 is 0. The van der Waals surface area contributed by atoms with E-state index in [4.69, 9.17) is 0 Å². The zero-order valence-corrected chi connectivity index (χ0v) is 7.34. The van der Waals surface area contributed by atoms with Crippen LogP contribution < -0.4 is 0 Å². The van der Waals surface area contributed by atoms with Crippen LogP contribution in [0.25, 0.3) is 0 Å². The number of halogens is 2. The third-order valence-electron chi connectivity index (χ3n) is 1.56. The Balaban J connectivity index is 3.13. The van der Waals surface area contributed by atoms with Gasteiger partial charge >= 0.3 is 0 Å². The van der Waals surface area contributed by atoms with Crippen molar-refractivity contribution in [2.24, 2.45) is 0 Å². The minimum absolute atomic E-state index is 0.245. The maximum Gasteiger partial charge on any atom is 0.256 e. The largest absolute Gasteiger partial charge is 0.345 e. The molecule has 13 heavy (non-hydrogen) atoms. The Labute approximate surface area is 74.8 Å². The van der Waals surface area contributed by atoms with Gasteiger partial charge in [-0.05, 0) is 18.2 Å². The smallest absolute Gasteiger partial charge is 0.256 e. The van der Waals surface area contributed by atoms with Crippen LogP contribution in [-0.4, -0.2) is 24.9 Å². The van der Waals surface area contributed by atoms with Crippen LogP contribution >= 0.6 is 0 Å². The number of carbonyl (C=O) groups excluding carboxylic acids is 1. The Bertz CT molecular complexity index is 336. The van der Waals surface area contributed by atoms with E-state index in [-0.39, 0.29) is 5.56 Å². The van der Waals surface area contributed by atoms with E-state index < -0.39 is 17.5 Å². The van der Waals surface area contributed by atoms with Crippen molar-refractivity contribution < 1.29 is 13.6 Å². The number of nitrogens with zero attached hydrogens (tertiary/aromatic N) is 1. The average molecular weight is 185 g/mol. The maximum atomic E-state index is 13.0. The third kappa shape index (κ3) is 2.02. The van der Waals surface area contributed by atoms with E-state index in [9.17, 15) is 13.6 Å². The molecule has 0 N–H and O–H groups in total. The SMILES string of the molecule is CN(C)C(=O)c1cc(F)ccc1F. The standard InChI is InChI=1S/C9H9F2NO/c1-12(2)9(13)7-5-6(10)3-4-8(7)11/h3-5H,1-2H3. The number of hydrogen-bond acceptors (Lipinski definition) is 1. The molecule has 0 aliphatic rings. The molecule has 0 saturated heterocycles. The summed E-state index contributed by atoms with van der Waals surface area (Å²) in [5.74, 6) is -1.87. The van der Waals surface area contributed by atoms with Crippen LogP contribution in [0.4, 0.5) is 8.78 Å². The van der Waals surface area contributed by atoms with Gasteiger partial charge in [-0.15, -0.1) is 0 Å². The minimum Gasteiger partial charge on any atom is -0.345 e. The zero-order valence-electron chi connectivity index (χ0n) is 7.34. The molecule has 0 fully saturated rings. The normalized spacial score (nSPS) is 9.85. The van der Waals surface area contributed by atoms with E-state index in [0.29, 0.717) is 0 Å². The lowest BCUT2D eigenvalue weighted by Crippen LogP contribution is -2.22.